The molecule has 1 amide bonds. The maximum Gasteiger partial charge on any atom is 0.407 e. The van der Waals surface area contributed by atoms with Crippen molar-refractivity contribution in [2.24, 2.45) is 5.41 Å². The quantitative estimate of drug-likeness (QED) is 0.619. The van der Waals surface area contributed by atoms with Crippen LogP contribution in [0.1, 0.15) is 26.7 Å². The first-order valence-corrected chi connectivity index (χ1v) is 4.01. The predicted molar refractivity (Wildman–Crippen MR) is 40.2 cm³/mol. The van der Waals surface area contributed by atoms with Crippen LogP contribution in [0.25, 0.3) is 0 Å². The molecule has 11 heavy (non-hydrogen) atoms. The lowest BCUT2D eigenvalue weighted by molar-refractivity contribution is 0.163. The Hall–Kier alpha value is -0.730. The van der Waals surface area contributed by atoms with Gasteiger partial charge in [-0.3, -0.25) is 0 Å². The van der Waals surface area contributed by atoms with Crippen molar-refractivity contribution in [1.29, 1.82) is 0 Å². The Kier molecular flexibility index (Phi) is 1.08. The van der Waals surface area contributed by atoms with Crippen molar-refractivity contribution < 1.29 is 9.53 Å². The standard InChI is InChI=1S/C8H13NO2/c1-7(3-4-7)8(2)5-11-6(10)9-8/h3-5H2,1-2H3,(H,9,10). The van der Waals surface area contributed by atoms with Gasteiger partial charge in [-0.1, -0.05) is 6.92 Å². The lowest BCUT2D eigenvalue weighted by Gasteiger charge is -2.28. The maximum atomic E-state index is 10.8. The molecule has 0 spiro atoms. The van der Waals surface area contributed by atoms with Crippen molar-refractivity contribution in [3.8, 4) is 0 Å². The summed E-state index contributed by atoms with van der Waals surface area (Å²) in [6, 6.07) is 0. The molecule has 1 aliphatic carbocycles. The summed E-state index contributed by atoms with van der Waals surface area (Å²) in [4.78, 5) is 10.8. The van der Waals surface area contributed by atoms with Gasteiger partial charge in [0.25, 0.3) is 0 Å². The average molecular weight is 155 g/mol. The molecule has 0 aromatic rings. The fourth-order valence-corrected chi connectivity index (χ4v) is 1.57. The molecule has 1 aliphatic heterocycles. The highest BCUT2D eigenvalue weighted by Gasteiger charge is 2.57. The summed E-state index contributed by atoms with van der Waals surface area (Å²) in [6.45, 7) is 4.79. The Labute approximate surface area is 66.1 Å². The van der Waals surface area contributed by atoms with Crippen LogP contribution in [-0.2, 0) is 4.74 Å². The molecule has 0 radical (unpaired) electrons. The topological polar surface area (TPSA) is 38.3 Å². The van der Waals surface area contributed by atoms with E-state index < -0.39 is 0 Å². The van der Waals surface area contributed by atoms with Gasteiger partial charge < -0.3 is 10.1 Å². The second kappa shape index (κ2) is 1.71. The molecule has 2 rings (SSSR count). The number of carbonyl (C=O) groups excluding carboxylic acids is 1. The molecule has 1 saturated heterocycles. The van der Waals surface area contributed by atoms with Gasteiger partial charge in [0.05, 0.1) is 5.54 Å². The van der Waals surface area contributed by atoms with Crippen LogP contribution in [-0.4, -0.2) is 18.2 Å². The van der Waals surface area contributed by atoms with Crippen LogP contribution in [0, 0.1) is 5.41 Å². The summed E-state index contributed by atoms with van der Waals surface area (Å²) >= 11 is 0. The molecular formula is C8H13NO2. The molecule has 1 atom stereocenters. The van der Waals surface area contributed by atoms with Crippen LogP contribution in [0.2, 0.25) is 0 Å². The highest BCUT2D eigenvalue weighted by Crippen LogP contribution is 2.54. The van der Waals surface area contributed by atoms with Crippen molar-refractivity contribution in [3.05, 3.63) is 0 Å². The van der Waals surface area contributed by atoms with E-state index in [0.29, 0.717) is 12.0 Å². The smallest absolute Gasteiger partial charge is 0.407 e. The summed E-state index contributed by atoms with van der Waals surface area (Å²) in [7, 11) is 0. The minimum atomic E-state index is -0.263. The molecule has 1 unspecified atom stereocenters. The third-order valence-electron chi connectivity index (χ3n) is 3.20. The van der Waals surface area contributed by atoms with Gasteiger partial charge in [-0.05, 0) is 25.2 Å². The number of nitrogens with one attached hydrogen (secondary N) is 1. The number of amides is 1. The number of cyclic esters (lactones) is 1. The van der Waals surface area contributed by atoms with E-state index in [0.717, 1.165) is 0 Å². The minimum Gasteiger partial charge on any atom is -0.447 e. The molecule has 1 heterocycles. The predicted octanol–water partition coefficient (Wildman–Crippen LogP) is 1.28. The molecule has 0 aromatic heterocycles. The van der Waals surface area contributed by atoms with Gasteiger partial charge >= 0.3 is 6.09 Å². The van der Waals surface area contributed by atoms with E-state index in [1.54, 1.807) is 0 Å². The lowest BCUT2D eigenvalue weighted by atomic mass is 9.85. The number of rotatable bonds is 1. The molecule has 2 aliphatic rings. The van der Waals surface area contributed by atoms with Crippen molar-refractivity contribution in [2.45, 2.75) is 32.2 Å². The SMILES string of the molecule is CC1(C2(C)COC(=O)N2)CC1. The van der Waals surface area contributed by atoms with E-state index in [1.165, 1.54) is 12.8 Å². The molecule has 0 bridgehead atoms. The van der Waals surface area contributed by atoms with Gasteiger partial charge in [0.2, 0.25) is 0 Å². The van der Waals surface area contributed by atoms with Gasteiger partial charge in [-0.15, -0.1) is 0 Å². The monoisotopic (exact) mass is 155 g/mol. The van der Waals surface area contributed by atoms with Crippen LogP contribution >= 0.6 is 0 Å². The molecule has 2 fully saturated rings. The van der Waals surface area contributed by atoms with Gasteiger partial charge in [0, 0.05) is 0 Å². The fourth-order valence-electron chi connectivity index (χ4n) is 1.57. The largest absolute Gasteiger partial charge is 0.447 e. The van der Waals surface area contributed by atoms with E-state index in [4.69, 9.17) is 4.74 Å². The summed E-state index contributed by atoms with van der Waals surface area (Å²) in [5.74, 6) is 0. The highest BCUT2D eigenvalue weighted by molar-refractivity contribution is 5.71. The molecular weight excluding hydrogens is 142 g/mol. The Balaban J connectivity index is 2.17. The summed E-state index contributed by atoms with van der Waals surface area (Å²) in [5.41, 5.74) is 0.184. The molecule has 1 N–H and O–H groups in total. The van der Waals surface area contributed by atoms with Crippen LogP contribution in [0.3, 0.4) is 0 Å². The first-order chi connectivity index (χ1) is 5.06. The number of hydrogen-bond acceptors (Lipinski definition) is 2. The molecule has 3 nitrogen and oxygen atoms in total. The number of alkyl carbamates (subject to hydrolysis) is 1. The molecule has 1 saturated carbocycles. The third kappa shape index (κ3) is 0.832. The van der Waals surface area contributed by atoms with Crippen molar-refractivity contribution >= 4 is 6.09 Å². The van der Waals surface area contributed by atoms with Crippen LogP contribution in [0.15, 0.2) is 0 Å². The van der Waals surface area contributed by atoms with E-state index >= 15 is 0 Å². The Morgan fingerprint density at radius 2 is 2.09 bits per heavy atom. The molecule has 3 heteroatoms. The number of carbonyl (C=O) groups is 1. The zero-order valence-electron chi connectivity index (χ0n) is 6.94. The van der Waals surface area contributed by atoms with Gasteiger partial charge in [-0.25, -0.2) is 4.79 Å². The van der Waals surface area contributed by atoms with Crippen LogP contribution in [0.4, 0.5) is 4.79 Å². The van der Waals surface area contributed by atoms with Crippen LogP contribution in [0.5, 0.6) is 0 Å². The second-order valence-corrected chi connectivity index (χ2v) is 4.09. The van der Waals surface area contributed by atoms with E-state index in [9.17, 15) is 4.79 Å². The van der Waals surface area contributed by atoms with Crippen LogP contribution < -0.4 is 5.32 Å². The summed E-state index contributed by atoms with van der Waals surface area (Å²) < 4.78 is 4.88. The molecule has 0 aromatic carbocycles. The summed E-state index contributed by atoms with van der Waals surface area (Å²) in [5, 5.41) is 2.87. The van der Waals surface area contributed by atoms with Gasteiger partial charge in [0.15, 0.2) is 0 Å². The average Bonchev–Trinajstić information content (AvgIpc) is 2.57. The Morgan fingerprint density at radius 1 is 1.45 bits per heavy atom. The third-order valence-corrected chi connectivity index (χ3v) is 3.20. The van der Waals surface area contributed by atoms with Crippen molar-refractivity contribution in [3.63, 3.8) is 0 Å². The van der Waals surface area contributed by atoms with E-state index in [-0.39, 0.29) is 11.6 Å². The first-order valence-electron chi connectivity index (χ1n) is 4.01. The minimum absolute atomic E-state index is 0.107. The second-order valence-electron chi connectivity index (χ2n) is 4.09. The van der Waals surface area contributed by atoms with E-state index in [2.05, 4.69) is 19.2 Å². The highest BCUT2D eigenvalue weighted by atomic mass is 16.6. The summed E-state index contributed by atoms with van der Waals surface area (Å²) in [6.07, 6.45) is 2.14. The number of hydrogen-bond donors (Lipinski definition) is 1. The first kappa shape index (κ1) is 6.95. The zero-order valence-corrected chi connectivity index (χ0v) is 6.94. The van der Waals surface area contributed by atoms with Crippen molar-refractivity contribution in [2.75, 3.05) is 6.61 Å². The maximum absolute atomic E-state index is 10.8. The van der Waals surface area contributed by atoms with Gasteiger partial charge in [0.1, 0.15) is 6.61 Å². The Morgan fingerprint density at radius 3 is 2.45 bits per heavy atom. The van der Waals surface area contributed by atoms with Crippen molar-refractivity contribution in [1.82, 2.24) is 5.32 Å². The fraction of sp³-hybridized carbons (Fsp3) is 0.875. The lowest BCUT2D eigenvalue weighted by Crippen LogP contribution is -2.47. The zero-order chi connectivity index (χ0) is 8.11. The number of ether oxygens (including phenoxy) is 1. The van der Waals surface area contributed by atoms with E-state index in [1.807, 2.05) is 0 Å². The Bertz CT molecular complexity index is 210. The normalized spacial score (nSPS) is 39.6. The van der Waals surface area contributed by atoms with Gasteiger partial charge in [-0.2, -0.15) is 0 Å². The molecule has 62 valence electrons.